The number of rotatable bonds is 5. The van der Waals surface area contributed by atoms with Gasteiger partial charge >= 0.3 is 0 Å². The SMILES string of the molecule is CC(C)CC1(C)NC(=N)N(Cc2cccc(N(O)P)c2)C1=O. The number of benzene rings is 1. The van der Waals surface area contributed by atoms with Crippen LogP contribution in [-0.4, -0.2) is 27.5 Å². The van der Waals surface area contributed by atoms with E-state index in [0.29, 0.717) is 24.6 Å². The lowest BCUT2D eigenvalue weighted by atomic mass is 9.91. The molecule has 6 nitrogen and oxygen atoms in total. The van der Waals surface area contributed by atoms with E-state index in [1.54, 1.807) is 12.1 Å². The number of nitrogens with zero attached hydrogens (tertiary/aromatic N) is 2. The number of amides is 1. The van der Waals surface area contributed by atoms with Crippen molar-refractivity contribution in [3.63, 3.8) is 0 Å². The molecule has 0 bridgehead atoms. The first-order valence-electron chi connectivity index (χ1n) is 7.24. The van der Waals surface area contributed by atoms with Crippen molar-refractivity contribution < 1.29 is 10.0 Å². The highest BCUT2D eigenvalue weighted by atomic mass is 31.0. The van der Waals surface area contributed by atoms with Gasteiger partial charge in [0, 0.05) is 0 Å². The van der Waals surface area contributed by atoms with Gasteiger partial charge in [0.2, 0.25) is 0 Å². The van der Waals surface area contributed by atoms with Crippen molar-refractivity contribution in [2.45, 2.75) is 39.3 Å². The van der Waals surface area contributed by atoms with Gasteiger partial charge in [-0.25, -0.2) is 4.83 Å². The Morgan fingerprint density at radius 3 is 2.77 bits per heavy atom. The Morgan fingerprint density at radius 2 is 2.18 bits per heavy atom. The molecule has 1 aliphatic heterocycles. The van der Waals surface area contributed by atoms with Crippen LogP contribution in [0.4, 0.5) is 5.69 Å². The van der Waals surface area contributed by atoms with Crippen molar-refractivity contribution in [3.05, 3.63) is 29.8 Å². The lowest BCUT2D eigenvalue weighted by Crippen LogP contribution is -2.44. The van der Waals surface area contributed by atoms with Crippen molar-refractivity contribution in [2.75, 3.05) is 4.83 Å². The second-order valence-corrected chi connectivity index (χ2v) is 6.80. The van der Waals surface area contributed by atoms with Crippen LogP contribution in [0.1, 0.15) is 32.8 Å². The van der Waals surface area contributed by atoms with E-state index in [4.69, 9.17) is 5.41 Å². The molecule has 1 aromatic rings. The van der Waals surface area contributed by atoms with E-state index in [-0.39, 0.29) is 11.9 Å². The number of hydrogen-bond donors (Lipinski definition) is 3. The van der Waals surface area contributed by atoms with E-state index in [1.165, 1.54) is 4.90 Å². The summed E-state index contributed by atoms with van der Waals surface area (Å²) in [5, 5.41) is 20.5. The molecular formula is C15H23N4O2P. The van der Waals surface area contributed by atoms with Gasteiger partial charge in [-0.2, -0.15) is 0 Å². The molecule has 1 amide bonds. The first-order valence-corrected chi connectivity index (χ1v) is 7.76. The first-order chi connectivity index (χ1) is 10.2. The maximum absolute atomic E-state index is 12.7. The average molecular weight is 322 g/mol. The Hall–Kier alpha value is -1.65. The van der Waals surface area contributed by atoms with Gasteiger partial charge in [-0.05, 0) is 46.3 Å². The molecule has 0 aromatic heterocycles. The molecule has 3 N–H and O–H groups in total. The molecule has 1 fully saturated rings. The van der Waals surface area contributed by atoms with Crippen LogP contribution < -0.4 is 10.2 Å². The lowest BCUT2D eigenvalue weighted by molar-refractivity contribution is -0.131. The second-order valence-electron chi connectivity index (χ2n) is 6.31. The quantitative estimate of drug-likeness (QED) is 0.574. The smallest absolute Gasteiger partial charge is 0.255 e. The molecule has 2 rings (SSSR count). The summed E-state index contributed by atoms with van der Waals surface area (Å²) < 4.78 is 0. The molecule has 2 unspecified atom stereocenters. The summed E-state index contributed by atoms with van der Waals surface area (Å²) in [4.78, 5) is 15.1. The zero-order chi connectivity index (χ0) is 16.5. The molecule has 0 spiro atoms. The predicted octanol–water partition coefficient (Wildman–Crippen LogP) is 2.34. The number of hydrogen-bond acceptors (Lipinski definition) is 4. The van der Waals surface area contributed by atoms with E-state index in [9.17, 15) is 10.0 Å². The van der Waals surface area contributed by atoms with Crippen LogP contribution in [0.25, 0.3) is 0 Å². The summed E-state index contributed by atoms with van der Waals surface area (Å²) in [6, 6.07) is 7.22. The van der Waals surface area contributed by atoms with Gasteiger partial charge < -0.3 is 5.32 Å². The summed E-state index contributed by atoms with van der Waals surface area (Å²) in [5.41, 5.74) is 0.748. The minimum absolute atomic E-state index is 0.0802. The van der Waals surface area contributed by atoms with Crippen molar-refractivity contribution >= 4 is 26.9 Å². The molecule has 1 aliphatic rings. The Bertz CT molecular complexity index is 591. The van der Waals surface area contributed by atoms with Crippen LogP contribution in [0.5, 0.6) is 0 Å². The van der Waals surface area contributed by atoms with Crippen LogP contribution >= 0.6 is 9.39 Å². The second kappa shape index (κ2) is 6.23. The Morgan fingerprint density at radius 1 is 1.50 bits per heavy atom. The molecule has 2 atom stereocenters. The summed E-state index contributed by atoms with van der Waals surface area (Å²) in [5.74, 6) is 0.409. The van der Waals surface area contributed by atoms with Crippen LogP contribution in [-0.2, 0) is 11.3 Å². The zero-order valence-corrected chi connectivity index (χ0v) is 14.3. The van der Waals surface area contributed by atoms with Gasteiger partial charge in [-0.1, -0.05) is 26.0 Å². The van der Waals surface area contributed by atoms with Crippen LogP contribution in [0.2, 0.25) is 0 Å². The molecule has 1 aromatic carbocycles. The first kappa shape index (κ1) is 16.7. The minimum Gasteiger partial charge on any atom is -0.342 e. The molecule has 120 valence electrons. The van der Waals surface area contributed by atoms with Gasteiger partial charge in [-0.15, -0.1) is 0 Å². The highest BCUT2D eigenvalue weighted by molar-refractivity contribution is 7.18. The van der Waals surface area contributed by atoms with E-state index >= 15 is 0 Å². The van der Waals surface area contributed by atoms with E-state index in [1.807, 2.05) is 19.1 Å². The van der Waals surface area contributed by atoms with E-state index in [0.717, 1.165) is 10.4 Å². The van der Waals surface area contributed by atoms with Crippen molar-refractivity contribution in [1.29, 1.82) is 5.41 Å². The third-order valence-corrected chi connectivity index (χ3v) is 4.01. The van der Waals surface area contributed by atoms with Gasteiger partial charge in [0.05, 0.1) is 12.2 Å². The predicted molar refractivity (Wildman–Crippen MR) is 89.7 cm³/mol. The summed E-state index contributed by atoms with van der Waals surface area (Å²) in [7, 11) is 2.17. The molecule has 0 radical (unpaired) electrons. The monoisotopic (exact) mass is 322 g/mol. The van der Waals surface area contributed by atoms with Crippen molar-refractivity contribution in [2.24, 2.45) is 5.92 Å². The third-order valence-electron chi connectivity index (χ3n) is 3.71. The largest absolute Gasteiger partial charge is 0.342 e. The minimum atomic E-state index is -0.716. The maximum Gasteiger partial charge on any atom is 0.255 e. The third kappa shape index (κ3) is 3.39. The van der Waals surface area contributed by atoms with Crippen LogP contribution in [0.3, 0.4) is 0 Å². The Labute approximate surface area is 133 Å². The Balaban J connectivity index is 2.18. The summed E-state index contributed by atoms with van der Waals surface area (Å²) in [6.45, 7) is 6.28. The van der Waals surface area contributed by atoms with Crippen molar-refractivity contribution in [1.82, 2.24) is 10.2 Å². The molecule has 22 heavy (non-hydrogen) atoms. The van der Waals surface area contributed by atoms with Gasteiger partial charge in [0.1, 0.15) is 5.54 Å². The van der Waals surface area contributed by atoms with Gasteiger partial charge in [-0.3, -0.25) is 20.3 Å². The van der Waals surface area contributed by atoms with Crippen LogP contribution in [0.15, 0.2) is 24.3 Å². The van der Waals surface area contributed by atoms with Gasteiger partial charge in [0.25, 0.3) is 5.91 Å². The average Bonchev–Trinajstić information content (AvgIpc) is 2.61. The zero-order valence-electron chi connectivity index (χ0n) is 13.1. The molecule has 0 saturated carbocycles. The van der Waals surface area contributed by atoms with E-state index in [2.05, 4.69) is 28.6 Å². The topological polar surface area (TPSA) is 79.7 Å². The fourth-order valence-corrected chi connectivity index (χ4v) is 3.03. The highest BCUT2D eigenvalue weighted by Gasteiger charge is 2.45. The fourth-order valence-electron chi connectivity index (χ4n) is 2.87. The number of anilines is 1. The normalized spacial score (nSPS) is 21.5. The molecule has 1 saturated heterocycles. The highest BCUT2D eigenvalue weighted by Crippen LogP contribution is 2.26. The maximum atomic E-state index is 12.7. The van der Waals surface area contributed by atoms with Crippen LogP contribution in [0, 0.1) is 11.3 Å². The molecular weight excluding hydrogens is 299 g/mol. The number of nitrogens with one attached hydrogen (secondary N) is 2. The fraction of sp³-hybridized carbons (Fsp3) is 0.467. The standard InChI is InChI=1S/C15H23N4O2P/c1-10(2)8-15(3)13(20)18(14(16)17-15)9-11-5-4-6-12(7-11)19(21)22/h4-7,10,21H,8-9,22H2,1-3H3,(H2,16,17). The number of carbonyl (C=O) groups is 1. The molecule has 7 heteroatoms. The van der Waals surface area contributed by atoms with Gasteiger partial charge in [0.15, 0.2) is 5.96 Å². The van der Waals surface area contributed by atoms with Crippen molar-refractivity contribution in [3.8, 4) is 0 Å². The Kier molecular flexibility index (Phi) is 4.73. The lowest BCUT2D eigenvalue weighted by Gasteiger charge is -2.24. The summed E-state index contributed by atoms with van der Waals surface area (Å²) in [6.07, 6.45) is 0.681. The molecule has 0 aliphatic carbocycles. The summed E-state index contributed by atoms with van der Waals surface area (Å²) >= 11 is 0. The van der Waals surface area contributed by atoms with E-state index < -0.39 is 5.54 Å². The number of guanidine groups is 1. The number of carbonyl (C=O) groups excluding carboxylic acids is 1. The molecule has 1 heterocycles.